The second-order valence-corrected chi connectivity index (χ2v) is 6.02. The van der Waals surface area contributed by atoms with Gasteiger partial charge in [0.1, 0.15) is 11.9 Å². The van der Waals surface area contributed by atoms with Crippen LogP contribution in [0, 0.1) is 5.82 Å². The van der Waals surface area contributed by atoms with Crippen molar-refractivity contribution in [3.05, 3.63) is 47.3 Å². The molecule has 6 nitrogen and oxygen atoms in total. The van der Waals surface area contributed by atoms with Gasteiger partial charge in [-0.3, -0.25) is 0 Å². The van der Waals surface area contributed by atoms with Crippen LogP contribution < -0.4 is 18.9 Å². The molecule has 2 heterocycles. The van der Waals surface area contributed by atoms with Crippen LogP contribution in [-0.2, 0) is 11.3 Å². The van der Waals surface area contributed by atoms with Crippen molar-refractivity contribution in [2.75, 3.05) is 21.0 Å². The number of ether oxygens (including phenoxy) is 4. The lowest BCUT2D eigenvalue weighted by Crippen LogP contribution is -2.13. The predicted molar refractivity (Wildman–Crippen MR) is 91.8 cm³/mol. The quantitative estimate of drug-likeness (QED) is 0.820. The normalized spacial score (nSPS) is 17.7. The number of halogens is 1. The number of rotatable bonds is 5. The first-order chi connectivity index (χ1) is 12.7. The molecule has 2 aliphatic rings. The summed E-state index contributed by atoms with van der Waals surface area (Å²) in [6.45, 7) is 0.149. The Labute approximate surface area is 150 Å². The van der Waals surface area contributed by atoms with Gasteiger partial charge in [0.05, 0.1) is 19.9 Å². The summed E-state index contributed by atoms with van der Waals surface area (Å²) in [4.78, 5) is 5.57. The molecule has 0 unspecified atom stereocenters. The Bertz CT molecular complexity index is 850. The van der Waals surface area contributed by atoms with E-state index in [1.165, 1.54) is 12.1 Å². The zero-order valence-corrected chi connectivity index (χ0v) is 14.5. The van der Waals surface area contributed by atoms with E-state index in [0.717, 1.165) is 16.8 Å². The summed E-state index contributed by atoms with van der Waals surface area (Å²) in [5.41, 5.74) is 2.53. The van der Waals surface area contributed by atoms with Gasteiger partial charge in [-0.15, -0.1) is 0 Å². The smallest absolute Gasteiger partial charge is 0.231 e. The summed E-state index contributed by atoms with van der Waals surface area (Å²) < 4.78 is 35.0. The summed E-state index contributed by atoms with van der Waals surface area (Å²) in [6.07, 6.45) is 1.02. The fourth-order valence-corrected chi connectivity index (χ4v) is 3.20. The van der Waals surface area contributed by atoms with Crippen molar-refractivity contribution in [3.8, 4) is 23.0 Å². The highest BCUT2D eigenvalue weighted by Gasteiger charge is 2.29. The van der Waals surface area contributed by atoms with Gasteiger partial charge in [-0.25, -0.2) is 4.39 Å². The summed E-state index contributed by atoms with van der Waals surface area (Å²) in [5, 5.41) is 4.15. The molecule has 0 spiro atoms. The molecule has 0 aromatic heterocycles. The molecule has 0 N–H and O–H groups in total. The summed E-state index contributed by atoms with van der Waals surface area (Å²) in [5.74, 6) is 1.99. The fourth-order valence-electron chi connectivity index (χ4n) is 3.20. The van der Waals surface area contributed by atoms with Crippen LogP contribution in [-0.4, -0.2) is 32.8 Å². The number of oxime groups is 1. The topological polar surface area (TPSA) is 58.5 Å². The van der Waals surface area contributed by atoms with Crippen LogP contribution >= 0.6 is 0 Å². The molecular weight excluding hydrogens is 341 g/mol. The lowest BCUT2D eigenvalue weighted by Gasteiger charge is -2.16. The Balaban J connectivity index is 1.54. The van der Waals surface area contributed by atoms with Crippen molar-refractivity contribution in [2.24, 2.45) is 5.16 Å². The van der Waals surface area contributed by atoms with E-state index < -0.39 is 0 Å². The molecule has 2 aliphatic heterocycles. The molecule has 136 valence electrons. The fraction of sp³-hybridized carbons (Fsp3) is 0.316. The van der Waals surface area contributed by atoms with Crippen LogP contribution in [0.25, 0.3) is 0 Å². The minimum absolute atomic E-state index is 0.149. The maximum atomic E-state index is 13.1. The van der Waals surface area contributed by atoms with E-state index in [4.69, 9.17) is 23.8 Å². The first kappa shape index (κ1) is 16.5. The van der Waals surface area contributed by atoms with Crippen molar-refractivity contribution in [1.82, 2.24) is 0 Å². The lowest BCUT2D eigenvalue weighted by molar-refractivity contribution is 0.0853. The molecule has 1 atom stereocenters. The van der Waals surface area contributed by atoms with Crippen molar-refractivity contribution in [1.29, 1.82) is 0 Å². The summed E-state index contributed by atoms with van der Waals surface area (Å²) >= 11 is 0. The molecule has 2 aromatic rings. The molecule has 2 aromatic carbocycles. The molecule has 0 saturated heterocycles. The van der Waals surface area contributed by atoms with Gasteiger partial charge in [0.25, 0.3) is 0 Å². The van der Waals surface area contributed by atoms with E-state index in [1.54, 1.807) is 26.4 Å². The Morgan fingerprint density at radius 2 is 1.88 bits per heavy atom. The maximum absolute atomic E-state index is 13.1. The van der Waals surface area contributed by atoms with Crippen LogP contribution in [0.5, 0.6) is 23.0 Å². The van der Waals surface area contributed by atoms with Gasteiger partial charge >= 0.3 is 0 Å². The number of hydrogen-bond donors (Lipinski definition) is 0. The number of nitrogens with zero attached hydrogens (tertiary/aromatic N) is 1. The monoisotopic (exact) mass is 359 g/mol. The third kappa shape index (κ3) is 2.89. The molecule has 0 amide bonds. The van der Waals surface area contributed by atoms with E-state index >= 15 is 0 Å². The largest absolute Gasteiger partial charge is 0.492 e. The third-order valence-corrected chi connectivity index (χ3v) is 4.42. The van der Waals surface area contributed by atoms with E-state index in [1.807, 2.05) is 6.07 Å². The Morgan fingerprint density at radius 3 is 2.62 bits per heavy atom. The SMILES string of the molecule is COc1c(C[C@@H]2CC(c3ccc(F)cc3)=NO2)cc2c(c1OC)OCO2. The van der Waals surface area contributed by atoms with Gasteiger partial charge in [0, 0.05) is 18.4 Å². The van der Waals surface area contributed by atoms with Gasteiger partial charge in [-0.1, -0.05) is 17.3 Å². The Hall–Kier alpha value is -2.96. The van der Waals surface area contributed by atoms with Crippen molar-refractivity contribution in [2.45, 2.75) is 18.9 Å². The highest BCUT2D eigenvalue weighted by molar-refractivity contribution is 6.01. The lowest BCUT2D eigenvalue weighted by atomic mass is 9.99. The molecule has 7 heteroatoms. The van der Waals surface area contributed by atoms with Crippen molar-refractivity contribution in [3.63, 3.8) is 0 Å². The number of hydrogen-bond acceptors (Lipinski definition) is 6. The molecular formula is C19H18FNO5. The minimum Gasteiger partial charge on any atom is -0.492 e. The standard InChI is InChI=1S/C19H18FNO5/c1-22-17-12(8-16-18(19(17)23-2)25-10-24-16)7-14-9-15(21-26-14)11-3-5-13(20)6-4-11/h3-6,8,14H,7,9-10H2,1-2H3/t14-/m1/s1. The van der Waals surface area contributed by atoms with E-state index in [2.05, 4.69) is 5.16 Å². The van der Waals surface area contributed by atoms with Crippen LogP contribution in [0.1, 0.15) is 17.5 Å². The second kappa shape index (κ2) is 6.74. The Kier molecular flexibility index (Phi) is 4.28. The maximum Gasteiger partial charge on any atom is 0.231 e. The van der Waals surface area contributed by atoms with Crippen molar-refractivity contribution >= 4 is 5.71 Å². The van der Waals surface area contributed by atoms with E-state index in [0.29, 0.717) is 35.8 Å². The van der Waals surface area contributed by atoms with Crippen LogP contribution in [0.3, 0.4) is 0 Å². The van der Waals surface area contributed by atoms with E-state index in [-0.39, 0.29) is 18.7 Å². The molecule has 0 radical (unpaired) electrons. The number of methoxy groups -OCH3 is 2. The summed E-state index contributed by atoms with van der Waals surface area (Å²) in [6, 6.07) is 8.10. The zero-order valence-electron chi connectivity index (χ0n) is 14.5. The molecule has 26 heavy (non-hydrogen) atoms. The number of benzene rings is 2. The highest BCUT2D eigenvalue weighted by Crippen LogP contribution is 2.49. The van der Waals surface area contributed by atoms with Crippen LogP contribution in [0.2, 0.25) is 0 Å². The van der Waals surface area contributed by atoms with Gasteiger partial charge < -0.3 is 23.8 Å². The summed E-state index contributed by atoms with van der Waals surface area (Å²) in [7, 11) is 3.14. The van der Waals surface area contributed by atoms with Gasteiger partial charge in [-0.2, -0.15) is 0 Å². The first-order valence-electron chi connectivity index (χ1n) is 8.21. The predicted octanol–water partition coefficient (Wildman–Crippen LogP) is 3.31. The molecule has 0 fully saturated rings. The average molecular weight is 359 g/mol. The molecule has 0 aliphatic carbocycles. The van der Waals surface area contributed by atoms with Gasteiger partial charge in [0.15, 0.2) is 11.5 Å². The molecule has 0 bridgehead atoms. The third-order valence-electron chi connectivity index (χ3n) is 4.42. The second-order valence-electron chi connectivity index (χ2n) is 6.02. The highest BCUT2D eigenvalue weighted by atomic mass is 19.1. The van der Waals surface area contributed by atoms with Gasteiger partial charge in [-0.05, 0) is 23.8 Å². The van der Waals surface area contributed by atoms with Crippen LogP contribution in [0.4, 0.5) is 4.39 Å². The Morgan fingerprint density at radius 1 is 1.12 bits per heavy atom. The first-order valence-corrected chi connectivity index (χ1v) is 8.21. The molecule has 0 saturated carbocycles. The van der Waals surface area contributed by atoms with Crippen LogP contribution in [0.15, 0.2) is 35.5 Å². The zero-order chi connectivity index (χ0) is 18.1. The minimum atomic E-state index is -0.276. The van der Waals surface area contributed by atoms with Gasteiger partial charge in [0.2, 0.25) is 18.3 Å². The van der Waals surface area contributed by atoms with E-state index in [9.17, 15) is 4.39 Å². The molecule has 4 rings (SSSR count). The average Bonchev–Trinajstić information content (AvgIpc) is 3.30. The van der Waals surface area contributed by atoms with Crippen molar-refractivity contribution < 1.29 is 28.2 Å². The number of fused-ring (bicyclic) bond motifs is 1.